The first-order valence-corrected chi connectivity index (χ1v) is 12.4. The Balaban J connectivity index is 1.28. The van der Waals surface area contributed by atoms with Gasteiger partial charge >= 0.3 is 5.97 Å². The lowest BCUT2D eigenvalue weighted by Gasteiger charge is -2.36. The first-order valence-electron chi connectivity index (χ1n) is 11.7. The summed E-state index contributed by atoms with van der Waals surface area (Å²) in [6.45, 7) is 8.33. The standard InChI is InChI=1S/C27H29Cl2N3O3/c1-19(2)35-27(33)23-4-3-11-30-26(23)32-14-12-31(13-15-32)17-20-5-8-22(9-6-20)34-18-21-7-10-24(28)25(29)16-21/h3-11,16,19H,12-15,17-18H2,1-2H3. The summed E-state index contributed by atoms with van der Waals surface area (Å²) in [6.07, 6.45) is 1.55. The Morgan fingerprint density at radius 3 is 2.37 bits per heavy atom. The Bertz CT molecular complexity index is 1150. The maximum Gasteiger partial charge on any atom is 0.342 e. The molecule has 4 rings (SSSR count). The fraction of sp³-hybridized carbons (Fsp3) is 0.333. The lowest BCUT2D eigenvalue weighted by Crippen LogP contribution is -2.46. The van der Waals surface area contributed by atoms with E-state index in [1.165, 1.54) is 5.56 Å². The van der Waals surface area contributed by atoms with Crippen LogP contribution in [0.15, 0.2) is 60.8 Å². The molecule has 35 heavy (non-hydrogen) atoms. The minimum Gasteiger partial charge on any atom is -0.489 e. The van der Waals surface area contributed by atoms with Gasteiger partial charge in [0.15, 0.2) is 0 Å². The molecule has 0 radical (unpaired) electrons. The van der Waals surface area contributed by atoms with Crippen LogP contribution in [0.1, 0.15) is 35.3 Å². The molecule has 0 atom stereocenters. The molecule has 2 heterocycles. The van der Waals surface area contributed by atoms with E-state index in [0.29, 0.717) is 28.0 Å². The van der Waals surface area contributed by atoms with Crippen LogP contribution in [-0.2, 0) is 17.9 Å². The van der Waals surface area contributed by atoms with Crippen LogP contribution in [0.5, 0.6) is 5.75 Å². The number of hydrogen-bond acceptors (Lipinski definition) is 6. The SMILES string of the molecule is CC(C)OC(=O)c1cccnc1N1CCN(Cc2ccc(OCc3ccc(Cl)c(Cl)c3)cc2)CC1. The zero-order chi connectivity index (χ0) is 24.8. The molecule has 1 fully saturated rings. The number of carbonyl (C=O) groups excluding carboxylic acids is 1. The highest BCUT2D eigenvalue weighted by atomic mass is 35.5. The van der Waals surface area contributed by atoms with Crippen LogP contribution < -0.4 is 9.64 Å². The van der Waals surface area contributed by atoms with Crippen molar-refractivity contribution in [1.29, 1.82) is 0 Å². The van der Waals surface area contributed by atoms with Gasteiger partial charge in [-0.2, -0.15) is 0 Å². The van der Waals surface area contributed by atoms with Gasteiger partial charge < -0.3 is 14.4 Å². The summed E-state index contributed by atoms with van der Waals surface area (Å²) in [7, 11) is 0. The van der Waals surface area contributed by atoms with Crippen LogP contribution in [-0.4, -0.2) is 48.1 Å². The second kappa shape index (κ2) is 11.8. The Kier molecular flexibility index (Phi) is 8.50. The fourth-order valence-electron chi connectivity index (χ4n) is 3.95. The molecule has 0 aliphatic carbocycles. The molecule has 1 saturated heterocycles. The van der Waals surface area contributed by atoms with Crippen molar-refractivity contribution in [2.75, 3.05) is 31.1 Å². The number of esters is 1. The molecule has 184 valence electrons. The number of halogens is 2. The summed E-state index contributed by atoms with van der Waals surface area (Å²) >= 11 is 12.0. The molecular formula is C27H29Cl2N3O3. The molecule has 0 bridgehead atoms. The fourth-order valence-corrected chi connectivity index (χ4v) is 4.27. The Labute approximate surface area is 216 Å². The lowest BCUT2D eigenvalue weighted by atomic mass is 10.1. The van der Waals surface area contributed by atoms with E-state index in [-0.39, 0.29) is 12.1 Å². The molecule has 0 unspecified atom stereocenters. The largest absolute Gasteiger partial charge is 0.489 e. The molecule has 1 aliphatic rings. The van der Waals surface area contributed by atoms with E-state index in [1.54, 1.807) is 24.4 Å². The zero-order valence-electron chi connectivity index (χ0n) is 19.9. The maximum atomic E-state index is 12.5. The number of carbonyl (C=O) groups is 1. The number of piperazine rings is 1. The van der Waals surface area contributed by atoms with Crippen LogP contribution in [0.25, 0.3) is 0 Å². The molecule has 1 aliphatic heterocycles. The van der Waals surface area contributed by atoms with Crippen LogP contribution in [0.3, 0.4) is 0 Å². The van der Waals surface area contributed by atoms with Gasteiger partial charge in [0.25, 0.3) is 0 Å². The van der Waals surface area contributed by atoms with Crippen molar-refractivity contribution in [2.45, 2.75) is 33.1 Å². The number of aromatic nitrogens is 1. The van der Waals surface area contributed by atoms with Crippen molar-refractivity contribution >= 4 is 35.0 Å². The Hall–Kier alpha value is -2.80. The summed E-state index contributed by atoms with van der Waals surface area (Å²) in [5, 5.41) is 1.06. The second-order valence-corrected chi connectivity index (χ2v) is 9.59. The van der Waals surface area contributed by atoms with Crippen LogP contribution >= 0.6 is 23.2 Å². The van der Waals surface area contributed by atoms with Crippen molar-refractivity contribution in [1.82, 2.24) is 9.88 Å². The van der Waals surface area contributed by atoms with Gasteiger partial charge in [0.1, 0.15) is 23.7 Å². The number of hydrogen-bond donors (Lipinski definition) is 0. The Morgan fingerprint density at radius 1 is 0.971 bits per heavy atom. The number of rotatable bonds is 8. The first kappa shape index (κ1) is 25.3. The summed E-state index contributed by atoms with van der Waals surface area (Å²) < 4.78 is 11.3. The summed E-state index contributed by atoms with van der Waals surface area (Å²) in [4.78, 5) is 21.5. The molecule has 0 spiro atoms. The zero-order valence-corrected chi connectivity index (χ0v) is 21.4. The molecule has 3 aromatic rings. The summed E-state index contributed by atoms with van der Waals surface area (Å²) in [6, 6.07) is 17.2. The number of nitrogens with zero attached hydrogens (tertiary/aromatic N) is 3. The number of pyridine rings is 1. The molecule has 8 heteroatoms. The normalized spacial score (nSPS) is 14.3. The minimum absolute atomic E-state index is 0.167. The van der Waals surface area contributed by atoms with E-state index in [2.05, 4.69) is 26.9 Å². The van der Waals surface area contributed by atoms with Crippen LogP contribution in [0.4, 0.5) is 5.82 Å². The molecule has 6 nitrogen and oxygen atoms in total. The highest BCUT2D eigenvalue weighted by Gasteiger charge is 2.23. The third-order valence-electron chi connectivity index (χ3n) is 5.74. The van der Waals surface area contributed by atoms with E-state index < -0.39 is 0 Å². The van der Waals surface area contributed by atoms with Crippen molar-refractivity contribution < 1.29 is 14.3 Å². The van der Waals surface area contributed by atoms with E-state index >= 15 is 0 Å². The quantitative estimate of drug-likeness (QED) is 0.352. The van der Waals surface area contributed by atoms with Gasteiger partial charge in [-0.3, -0.25) is 4.90 Å². The van der Waals surface area contributed by atoms with E-state index in [0.717, 1.165) is 44.0 Å². The molecule has 0 amide bonds. The van der Waals surface area contributed by atoms with Crippen molar-refractivity contribution in [2.24, 2.45) is 0 Å². The van der Waals surface area contributed by atoms with Gasteiger partial charge in [-0.1, -0.05) is 41.4 Å². The van der Waals surface area contributed by atoms with E-state index in [4.69, 9.17) is 32.7 Å². The number of benzene rings is 2. The van der Waals surface area contributed by atoms with Crippen molar-refractivity contribution in [3.05, 3.63) is 87.5 Å². The van der Waals surface area contributed by atoms with E-state index in [9.17, 15) is 4.79 Å². The third kappa shape index (κ3) is 6.88. The third-order valence-corrected chi connectivity index (χ3v) is 6.48. The van der Waals surface area contributed by atoms with Gasteiger partial charge in [0.05, 0.1) is 16.1 Å². The number of anilines is 1. The molecule has 0 N–H and O–H groups in total. The highest BCUT2D eigenvalue weighted by molar-refractivity contribution is 6.42. The average Bonchev–Trinajstić information content (AvgIpc) is 2.86. The summed E-state index contributed by atoms with van der Waals surface area (Å²) in [5.41, 5.74) is 2.71. The Morgan fingerprint density at radius 2 is 1.69 bits per heavy atom. The van der Waals surface area contributed by atoms with Gasteiger partial charge in [0, 0.05) is 38.9 Å². The second-order valence-electron chi connectivity index (χ2n) is 8.77. The molecular weight excluding hydrogens is 485 g/mol. The summed E-state index contributed by atoms with van der Waals surface area (Å²) in [5.74, 6) is 1.17. The minimum atomic E-state index is -0.327. The topological polar surface area (TPSA) is 54.9 Å². The van der Waals surface area contributed by atoms with Crippen molar-refractivity contribution in [3.63, 3.8) is 0 Å². The van der Waals surface area contributed by atoms with Crippen molar-refractivity contribution in [3.8, 4) is 5.75 Å². The smallest absolute Gasteiger partial charge is 0.342 e. The van der Waals surface area contributed by atoms with Gasteiger partial charge in [0.2, 0.25) is 0 Å². The van der Waals surface area contributed by atoms with Gasteiger partial charge in [-0.05, 0) is 61.4 Å². The predicted molar refractivity (Wildman–Crippen MR) is 140 cm³/mol. The van der Waals surface area contributed by atoms with Crippen LogP contribution in [0.2, 0.25) is 10.0 Å². The number of ether oxygens (including phenoxy) is 2. The van der Waals surface area contributed by atoms with Gasteiger partial charge in [-0.15, -0.1) is 0 Å². The molecule has 1 aromatic heterocycles. The lowest BCUT2D eigenvalue weighted by molar-refractivity contribution is 0.0378. The van der Waals surface area contributed by atoms with Crippen LogP contribution in [0, 0.1) is 0 Å². The van der Waals surface area contributed by atoms with E-state index in [1.807, 2.05) is 38.1 Å². The molecule has 0 saturated carbocycles. The predicted octanol–water partition coefficient (Wildman–Crippen LogP) is 5.85. The first-order chi connectivity index (χ1) is 16.9. The molecule has 2 aromatic carbocycles. The average molecular weight is 514 g/mol. The maximum absolute atomic E-state index is 12.5. The highest BCUT2D eigenvalue weighted by Crippen LogP contribution is 2.24. The van der Waals surface area contributed by atoms with Gasteiger partial charge in [-0.25, -0.2) is 9.78 Å². The monoisotopic (exact) mass is 513 g/mol.